The van der Waals surface area contributed by atoms with Crippen LogP contribution in [0.2, 0.25) is 0 Å². The number of para-hydroxylation sites is 1. The number of aromatic amines is 1. The number of fused-ring (bicyclic) bond motifs is 2. The van der Waals surface area contributed by atoms with Gasteiger partial charge < -0.3 is 9.72 Å². The number of benzene rings is 1. The van der Waals surface area contributed by atoms with Crippen LogP contribution >= 0.6 is 0 Å². The summed E-state index contributed by atoms with van der Waals surface area (Å²) < 4.78 is 5.43. The molecule has 1 aliphatic heterocycles. The fourth-order valence-corrected chi connectivity index (χ4v) is 3.94. The number of carbonyl (C=O) groups is 3. The summed E-state index contributed by atoms with van der Waals surface area (Å²) in [5, 5.41) is 0.438. The molecule has 2 heterocycles. The van der Waals surface area contributed by atoms with Crippen LogP contribution in [0, 0.1) is 11.8 Å². The smallest absolute Gasteiger partial charge is 0.329 e. The van der Waals surface area contributed by atoms with Crippen molar-refractivity contribution < 1.29 is 19.1 Å². The number of ether oxygens (including phenoxy) is 1. The maximum atomic E-state index is 12.7. The summed E-state index contributed by atoms with van der Waals surface area (Å²) in [6.07, 6.45) is 3.95. The van der Waals surface area contributed by atoms with Crippen molar-refractivity contribution in [3.05, 3.63) is 52.6 Å². The quantitative estimate of drug-likeness (QED) is 0.481. The van der Waals surface area contributed by atoms with Crippen LogP contribution in [-0.4, -0.2) is 38.7 Å². The van der Waals surface area contributed by atoms with Crippen molar-refractivity contribution in [2.24, 2.45) is 11.8 Å². The number of allylic oxidation sites excluding steroid dienone is 2. The Morgan fingerprint density at radius 3 is 2.38 bits per heavy atom. The molecule has 1 aromatic heterocycles. The standard InChI is InChI=1S/C21H21N3O5/c1-11(24-19(26)13-7-3-4-8-14(13)20(24)27)21(28)29-12(2)17-22-16-10-6-5-9-15(16)18(25)23-17/h3-6,9-14H,7-8H2,1-2H3,(H,22,23,25)/t11-,12+,13-,14+/m0/s1. The summed E-state index contributed by atoms with van der Waals surface area (Å²) >= 11 is 0. The zero-order valence-electron chi connectivity index (χ0n) is 16.1. The monoisotopic (exact) mass is 395 g/mol. The SMILES string of the molecule is C[C@@H](OC(=O)[C@H](C)N1C(=O)[C@H]2CC=CC[C@H]2C1=O)c1nc2ccccc2c(=O)[nH]1. The van der Waals surface area contributed by atoms with E-state index >= 15 is 0 Å². The van der Waals surface area contributed by atoms with Crippen LogP contribution in [0.3, 0.4) is 0 Å². The first-order chi connectivity index (χ1) is 13.9. The van der Waals surface area contributed by atoms with Gasteiger partial charge in [-0.1, -0.05) is 24.3 Å². The van der Waals surface area contributed by atoms with E-state index in [2.05, 4.69) is 9.97 Å². The second kappa shape index (κ2) is 7.27. The van der Waals surface area contributed by atoms with Gasteiger partial charge in [0.05, 0.1) is 22.7 Å². The highest BCUT2D eigenvalue weighted by Crippen LogP contribution is 2.36. The Morgan fingerprint density at radius 2 is 1.72 bits per heavy atom. The average molecular weight is 395 g/mol. The molecule has 1 aromatic carbocycles. The average Bonchev–Trinajstić information content (AvgIpc) is 2.98. The molecule has 1 fully saturated rings. The van der Waals surface area contributed by atoms with E-state index in [1.165, 1.54) is 6.92 Å². The first-order valence-electron chi connectivity index (χ1n) is 9.60. The molecule has 8 nitrogen and oxygen atoms in total. The summed E-state index contributed by atoms with van der Waals surface area (Å²) in [6.45, 7) is 3.06. The van der Waals surface area contributed by atoms with Gasteiger partial charge in [0.15, 0.2) is 11.9 Å². The van der Waals surface area contributed by atoms with E-state index in [-0.39, 0.29) is 23.2 Å². The zero-order chi connectivity index (χ0) is 20.7. The number of hydrogen-bond acceptors (Lipinski definition) is 6. The van der Waals surface area contributed by atoms with Gasteiger partial charge >= 0.3 is 5.97 Å². The van der Waals surface area contributed by atoms with E-state index in [1.54, 1.807) is 31.2 Å². The number of esters is 1. The highest BCUT2D eigenvalue weighted by atomic mass is 16.5. The summed E-state index contributed by atoms with van der Waals surface area (Å²) in [4.78, 5) is 58.2. The molecule has 1 aliphatic carbocycles. The maximum Gasteiger partial charge on any atom is 0.329 e. The molecular weight excluding hydrogens is 374 g/mol. The molecule has 0 saturated carbocycles. The van der Waals surface area contributed by atoms with E-state index in [1.807, 2.05) is 12.2 Å². The normalized spacial score (nSPS) is 23.2. The Bertz CT molecular complexity index is 1060. The van der Waals surface area contributed by atoms with Gasteiger partial charge in [-0.2, -0.15) is 0 Å². The molecule has 2 aliphatic rings. The van der Waals surface area contributed by atoms with Crippen LogP contribution in [0.25, 0.3) is 10.9 Å². The molecule has 4 atom stereocenters. The van der Waals surface area contributed by atoms with E-state index in [4.69, 9.17) is 4.74 Å². The lowest BCUT2D eigenvalue weighted by Gasteiger charge is -2.23. The van der Waals surface area contributed by atoms with Gasteiger partial charge in [0.25, 0.3) is 5.56 Å². The summed E-state index contributed by atoms with van der Waals surface area (Å²) in [5.74, 6) is -2.00. The number of nitrogens with one attached hydrogen (secondary N) is 1. The fourth-order valence-electron chi connectivity index (χ4n) is 3.94. The van der Waals surface area contributed by atoms with Gasteiger partial charge in [-0.05, 0) is 38.8 Å². The Labute approximate surface area is 166 Å². The summed E-state index contributed by atoms with van der Waals surface area (Å²) in [6, 6.07) is 5.80. The predicted octanol–water partition coefficient (Wildman–Crippen LogP) is 1.87. The third kappa shape index (κ3) is 3.24. The van der Waals surface area contributed by atoms with Crippen LogP contribution in [0.1, 0.15) is 38.6 Å². The van der Waals surface area contributed by atoms with Crippen molar-refractivity contribution in [3.63, 3.8) is 0 Å². The number of rotatable bonds is 4. The third-order valence-electron chi connectivity index (χ3n) is 5.58. The van der Waals surface area contributed by atoms with Crippen molar-refractivity contribution in [1.29, 1.82) is 0 Å². The van der Waals surface area contributed by atoms with E-state index in [9.17, 15) is 19.2 Å². The van der Waals surface area contributed by atoms with Gasteiger partial charge in [0.1, 0.15) is 6.04 Å². The molecule has 0 unspecified atom stereocenters. The number of imide groups is 1. The lowest BCUT2D eigenvalue weighted by atomic mass is 9.85. The number of likely N-dealkylation sites (tertiary alicyclic amines) is 1. The molecule has 4 rings (SSSR count). The third-order valence-corrected chi connectivity index (χ3v) is 5.58. The Kier molecular flexibility index (Phi) is 4.77. The molecule has 1 saturated heterocycles. The first-order valence-corrected chi connectivity index (χ1v) is 9.60. The number of amides is 2. The Hall–Kier alpha value is -3.29. The highest BCUT2D eigenvalue weighted by molar-refractivity contribution is 6.08. The largest absolute Gasteiger partial charge is 0.453 e. The van der Waals surface area contributed by atoms with Crippen molar-refractivity contribution in [2.75, 3.05) is 0 Å². The topological polar surface area (TPSA) is 109 Å². The van der Waals surface area contributed by atoms with Crippen LogP contribution in [-0.2, 0) is 19.1 Å². The molecule has 150 valence electrons. The first kappa shape index (κ1) is 19.0. The minimum atomic E-state index is -1.05. The number of hydrogen-bond donors (Lipinski definition) is 1. The van der Waals surface area contributed by atoms with Gasteiger partial charge in [-0.3, -0.25) is 19.3 Å². The summed E-state index contributed by atoms with van der Waals surface area (Å²) in [7, 11) is 0. The maximum absolute atomic E-state index is 12.7. The van der Waals surface area contributed by atoms with E-state index in [0.717, 1.165) is 4.90 Å². The number of nitrogens with zero attached hydrogens (tertiary/aromatic N) is 2. The lowest BCUT2D eigenvalue weighted by Crippen LogP contribution is -2.44. The van der Waals surface area contributed by atoms with Crippen LogP contribution in [0.5, 0.6) is 0 Å². The Morgan fingerprint density at radius 1 is 1.10 bits per heavy atom. The fraction of sp³-hybridized carbons (Fsp3) is 0.381. The molecule has 0 spiro atoms. The van der Waals surface area contributed by atoms with Gasteiger partial charge in [-0.25, -0.2) is 9.78 Å². The van der Waals surface area contributed by atoms with E-state index in [0.29, 0.717) is 23.7 Å². The van der Waals surface area contributed by atoms with Crippen molar-refractivity contribution >= 4 is 28.7 Å². The molecular formula is C21H21N3O5. The second-order valence-corrected chi connectivity index (χ2v) is 7.43. The van der Waals surface area contributed by atoms with Crippen LogP contribution in [0.4, 0.5) is 0 Å². The molecule has 0 radical (unpaired) electrons. The number of carbonyl (C=O) groups excluding carboxylic acids is 3. The second-order valence-electron chi connectivity index (χ2n) is 7.43. The summed E-state index contributed by atoms with van der Waals surface area (Å²) in [5.41, 5.74) is 0.159. The van der Waals surface area contributed by atoms with Crippen molar-refractivity contribution in [3.8, 4) is 0 Å². The molecule has 0 bridgehead atoms. The van der Waals surface area contributed by atoms with Crippen LogP contribution < -0.4 is 5.56 Å². The zero-order valence-corrected chi connectivity index (χ0v) is 16.1. The van der Waals surface area contributed by atoms with Gasteiger partial charge in [-0.15, -0.1) is 0 Å². The minimum Gasteiger partial charge on any atom is -0.453 e. The minimum absolute atomic E-state index is 0.200. The van der Waals surface area contributed by atoms with Gasteiger partial charge in [0.2, 0.25) is 11.8 Å². The molecule has 29 heavy (non-hydrogen) atoms. The number of H-pyrrole nitrogens is 1. The van der Waals surface area contributed by atoms with Crippen molar-refractivity contribution in [2.45, 2.75) is 38.8 Å². The lowest BCUT2D eigenvalue weighted by molar-refractivity contribution is -0.161. The molecule has 2 aromatic rings. The van der Waals surface area contributed by atoms with Gasteiger partial charge in [0, 0.05) is 0 Å². The molecule has 2 amide bonds. The predicted molar refractivity (Wildman–Crippen MR) is 104 cm³/mol. The van der Waals surface area contributed by atoms with E-state index < -0.39 is 30.0 Å². The van der Waals surface area contributed by atoms with Crippen LogP contribution in [0.15, 0.2) is 41.2 Å². The highest BCUT2D eigenvalue weighted by Gasteiger charge is 2.50. The molecule has 1 N–H and O–H groups in total. The van der Waals surface area contributed by atoms with Crippen molar-refractivity contribution in [1.82, 2.24) is 14.9 Å². The molecule has 8 heteroatoms. The Balaban J connectivity index is 1.51. The number of aromatic nitrogens is 2.